The molecule has 0 atom stereocenters. The van der Waals surface area contributed by atoms with Crippen LogP contribution in [-0.2, 0) is 13.0 Å². The topological polar surface area (TPSA) is 60.2 Å². The average molecular weight is 377 g/mol. The predicted octanol–water partition coefficient (Wildman–Crippen LogP) is 4.58. The van der Waals surface area contributed by atoms with Crippen molar-refractivity contribution in [1.82, 2.24) is 10.3 Å². The van der Waals surface area contributed by atoms with Gasteiger partial charge < -0.3 is 15.8 Å². The first-order valence-electron chi connectivity index (χ1n) is 9.14. The molecule has 1 aromatic heterocycles. The fourth-order valence-electron chi connectivity index (χ4n) is 2.83. The Morgan fingerprint density at radius 2 is 2.00 bits per heavy atom. The summed E-state index contributed by atoms with van der Waals surface area (Å²) in [7, 11) is 0. The molecular weight excluding hydrogens is 353 g/mol. The van der Waals surface area contributed by atoms with E-state index in [9.17, 15) is 4.39 Å². The molecule has 0 saturated heterocycles. The fraction of sp³-hybridized carbons (Fsp3) is 0.174. The van der Waals surface area contributed by atoms with Gasteiger partial charge in [-0.1, -0.05) is 42.5 Å². The van der Waals surface area contributed by atoms with E-state index in [4.69, 9.17) is 10.5 Å². The minimum Gasteiger partial charge on any atom is -0.453 e. The molecule has 0 spiro atoms. The van der Waals surface area contributed by atoms with Crippen LogP contribution in [0.5, 0.6) is 11.5 Å². The Hall–Kier alpha value is -3.18. The highest BCUT2D eigenvalue weighted by Gasteiger charge is 2.07. The predicted molar refractivity (Wildman–Crippen MR) is 111 cm³/mol. The molecule has 0 amide bonds. The maximum atomic E-state index is 14.4. The quantitative estimate of drug-likeness (QED) is 0.564. The number of aryl methyl sites for hydroxylation is 1. The van der Waals surface area contributed by atoms with Gasteiger partial charge in [-0.25, -0.2) is 4.39 Å². The van der Waals surface area contributed by atoms with Crippen molar-refractivity contribution in [3.63, 3.8) is 0 Å². The molecular formula is C23H24FN3O. The van der Waals surface area contributed by atoms with E-state index in [0.717, 1.165) is 18.5 Å². The molecule has 0 saturated carbocycles. The number of benzene rings is 2. The van der Waals surface area contributed by atoms with Gasteiger partial charge in [0.2, 0.25) is 0 Å². The van der Waals surface area contributed by atoms with Crippen LogP contribution in [0.3, 0.4) is 0 Å². The van der Waals surface area contributed by atoms with Crippen molar-refractivity contribution in [1.29, 1.82) is 0 Å². The van der Waals surface area contributed by atoms with Crippen LogP contribution in [0.25, 0.3) is 5.70 Å². The van der Waals surface area contributed by atoms with Crippen molar-refractivity contribution in [2.45, 2.75) is 19.9 Å². The minimum absolute atomic E-state index is 0.157. The Balaban J connectivity index is 1.52. The summed E-state index contributed by atoms with van der Waals surface area (Å²) in [6.45, 7) is 7.13. The molecule has 2 aromatic carbocycles. The lowest BCUT2D eigenvalue weighted by Gasteiger charge is -2.10. The molecule has 3 aromatic rings. The number of pyridine rings is 1. The number of aromatic nitrogens is 1. The third-order valence-electron chi connectivity index (χ3n) is 4.29. The Bertz CT molecular complexity index is 954. The van der Waals surface area contributed by atoms with Crippen LogP contribution in [0.4, 0.5) is 4.39 Å². The third kappa shape index (κ3) is 5.41. The summed E-state index contributed by atoms with van der Waals surface area (Å²) < 4.78 is 19.9. The van der Waals surface area contributed by atoms with E-state index in [-0.39, 0.29) is 5.75 Å². The van der Waals surface area contributed by atoms with Gasteiger partial charge in [-0.3, -0.25) is 4.98 Å². The number of nitrogens with two attached hydrogens (primary N) is 1. The Morgan fingerprint density at radius 1 is 1.14 bits per heavy atom. The summed E-state index contributed by atoms with van der Waals surface area (Å²) >= 11 is 0. The number of rotatable bonds is 8. The van der Waals surface area contributed by atoms with Crippen LogP contribution < -0.4 is 15.8 Å². The lowest BCUT2D eigenvalue weighted by Crippen LogP contribution is -2.16. The van der Waals surface area contributed by atoms with E-state index in [1.54, 1.807) is 18.2 Å². The highest BCUT2D eigenvalue weighted by molar-refractivity contribution is 5.56. The summed E-state index contributed by atoms with van der Waals surface area (Å²) in [5.74, 6) is 0.183. The van der Waals surface area contributed by atoms with Gasteiger partial charge in [0.25, 0.3) is 0 Å². The van der Waals surface area contributed by atoms with Crippen molar-refractivity contribution in [3.8, 4) is 11.5 Å². The normalized spacial score (nSPS) is 10.6. The zero-order valence-corrected chi connectivity index (χ0v) is 15.9. The van der Waals surface area contributed by atoms with Crippen LogP contribution in [0, 0.1) is 12.7 Å². The zero-order valence-electron chi connectivity index (χ0n) is 15.9. The second-order valence-corrected chi connectivity index (χ2v) is 6.69. The second-order valence-electron chi connectivity index (χ2n) is 6.69. The zero-order chi connectivity index (χ0) is 19.9. The number of nitrogens with one attached hydrogen (secondary N) is 1. The average Bonchev–Trinajstić information content (AvgIpc) is 2.68. The summed E-state index contributed by atoms with van der Waals surface area (Å²) in [5, 5.41) is 3.35. The SMILES string of the molecule is C=C(N)c1ccc(Oc2ccc(CNCCc3cccc(C)c3)cc2F)cn1. The molecule has 0 aliphatic heterocycles. The lowest BCUT2D eigenvalue weighted by atomic mass is 10.1. The first-order valence-corrected chi connectivity index (χ1v) is 9.14. The van der Waals surface area contributed by atoms with Gasteiger partial charge in [0, 0.05) is 6.54 Å². The van der Waals surface area contributed by atoms with Crippen LogP contribution in [0.1, 0.15) is 22.4 Å². The highest BCUT2D eigenvalue weighted by atomic mass is 19.1. The molecule has 0 bridgehead atoms. The van der Waals surface area contributed by atoms with E-state index < -0.39 is 5.82 Å². The standard InChI is InChI=1S/C23H24FN3O/c1-16-4-3-5-18(12-16)10-11-26-14-19-6-9-23(21(24)13-19)28-20-7-8-22(17(2)25)27-15-20/h3-9,12-13,15,26H,2,10-11,14,25H2,1H3. The second kappa shape index (κ2) is 9.15. The van der Waals surface area contributed by atoms with Crippen LogP contribution in [-0.4, -0.2) is 11.5 Å². The molecule has 0 aliphatic carbocycles. The van der Waals surface area contributed by atoms with Gasteiger partial charge in [0.05, 0.1) is 17.6 Å². The summed E-state index contributed by atoms with van der Waals surface area (Å²) in [4.78, 5) is 4.12. The van der Waals surface area contributed by atoms with Gasteiger partial charge in [0.1, 0.15) is 5.75 Å². The number of halogens is 1. The molecule has 3 rings (SSSR count). The smallest absolute Gasteiger partial charge is 0.166 e. The summed E-state index contributed by atoms with van der Waals surface area (Å²) in [5.41, 5.74) is 9.94. The molecule has 3 N–H and O–H groups in total. The lowest BCUT2D eigenvalue weighted by molar-refractivity contribution is 0.439. The van der Waals surface area contributed by atoms with Gasteiger partial charge in [-0.05, 0) is 55.3 Å². The first-order chi connectivity index (χ1) is 13.5. The largest absolute Gasteiger partial charge is 0.453 e. The third-order valence-corrected chi connectivity index (χ3v) is 4.29. The number of hydrogen-bond acceptors (Lipinski definition) is 4. The molecule has 0 aliphatic rings. The van der Waals surface area contributed by atoms with E-state index in [1.807, 2.05) is 6.07 Å². The van der Waals surface area contributed by atoms with Gasteiger partial charge in [-0.15, -0.1) is 0 Å². The Morgan fingerprint density at radius 3 is 2.68 bits per heavy atom. The number of ether oxygens (including phenoxy) is 1. The van der Waals surface area contributed by atoms with Gasteiger partial charge in [-0.2, -0.15) is 0 Å². The fourth-order valence-corrected chi connectivity index (χ4v) is 2.83. The molecule has 1 heterocycles. The Labute approximate surface area is 164 Å². The molecule has 28 heavy (non-hydrogen) atoms. The van der Waals surface area contributed by atoms with E-state index in [1.165, 1.54) is 23.4 Å². The minimum atomic E-state index is -0.412. The maximum Gasteiger partial charge on any atom is 0.166 e. The number of nitrogens with zero attached hydrogens (tertiary/aromatic N) is 1. The van der Waals surface area contributed by atoms with E-state index in [0.29, 0.717) is 23.7 Å². The molecule has 0 fully saturated rings. The van der Waals surface area contributed by atoms with Crippen molar-refractivity contribution in [3.05, 3.63) is 95.6 Å². The van der Waals surface area contributed by atoms with E-state index >= 15 is 0 Å². The molecule has 5 heteroatoms. The Kier molecular flexibility index (Phi) is 6.40. The molecule has 144 valence electrons. The summed E-state index contributed by atoms with van der Waals surface area (Å²) in [6.07, 6.45) is 2.43. The van der Waals surface area contributed by atoms with Crippen LogP contribution >= 0.6 is 0 Å². The first kappa shape index (κ1) is 19.6. The number of hydrogen-bond donors (Lipinski definition) is 2. The molecule has 0 radical (unpaired) electrons. The highest BCUT2D eigenvalue weighted by Crippen LogP contribution is 2.25. The van der Waals surface area contributed by atoms with Crippen LogP contribution in [0.2, 0.25) is 0 Å². The molecule has 0 unspecified atom stereocenters. The van der Waals surface area contributed by atoms with Crippen molar-refractivity contribution >= 4 is 5.70 Å². The van der Waals surface area contributed by atoms with Gasteiger partial charge >= 0.3 is 0 Å². The summed E-state index contributed by atoms with van der Waals surface area (Å²) in [6, 6.07) is 16.8. The molecule has 4 nitrogen and oxygen atoms in total. The van der Waals surface area contributed by atoms with Crippen molar-refractivity contribution in [2.75, 3.05) is 6.54 Å². The monoisotopic (exact) mass is 377 g/mol. The van der Waals surface area contributed by atoms with Crippen LogP contribution in [0.15, 0.2) is 67.4 Å². The van der Waals surface area contributed by atoms with Gasteiger partial charge in [0.15, 0.2) is 11.6 Å². The van der Waals surface area contributed by atoms with Crippen molar-refractivity contribution < 1.29 is 9.13 Å². The van der Waals surface area contributed by atoms with Crippen molar-refractivity contribution in [2.24, 2.45) is 5.73 Å². The van der Waals surface area contributed by atoms with E-state index in [2.05, 4.69) is 48.1 Å². The maximum absolute atomic E-state index is 14.4.